The molecule has 2 heterocycles. The van der Waals surface area contributed by atoms with Crippen LogP contribution in [0.5, 0.6) is 0 Å². The molecular weight excluding hydrogens is 267 g/mol. The van der Waals surface area contributed by atoms with Gasteiger partial charge in [0.1, 0.15) is 17.2 Å². The number of aryl methyl sites for hydroxylation is 1. The maximum Gasteiger partial charge on any atom is 0.149 e. The summed E-state index contributed by atoms with van der Waals surface area (Å²) in [7, 11) is 0. The lowest BCUT2D eigenvalue weighted by Crippen LogP contribution is -2.09. The third-order valence-corrected chi connectivity index (χ3v) is 3.94. The molecule has 0 saturated carbocycles. The highest BCUT2D eigenvalue weighted by atomic mass is 35.5. The molecule has 0 amide bonds. The van der Waals surface area contributed by atoms with E-state index in [0.29, 0.717) is 22.8 Å². The highest BCUT2D eigenvalue weighted by Gasteiger charge is 2.18. The summed E-state index contributed by atoms with van der Waals surface area (Å²) in [5.74, 6) is 1.37. The SMILES string of the molecule is Fc1cccc2nc(CCl)n(CCC3CCOC3)c12. The molecule has 2 aromatic rings. The van der Waals surface area contributed by atoms with Crippen molar-refractivity contribution in [1.82, 2.24) is 9.55 Å². The van der Waals surface area contributed by atoms with Crippen LogP contribution in [0.1, 0.15) is 18.7 Å². The minimum Gasteiger partial charge on any atom is -0.381 e. The summed E-state index contributed by atoms with van der Waals surface area (Å²) in [4.78, 5) is 4.40. The second kappa shape index (κ2) is 5.47. The molecule has 1 aromatic heterocycles. The Hall–Kier alpha value is -1.13. The van der Waals surface area contributed by atoms with E-state index in [1.807, 2.05) is 10.6 Å². The van der Waals surface area contributed by atoms with Gasteiger partial charge in [-0.15, -0.1) is 11.6 Å². The summed E-state index contributed by atoms with van der Waals surface area (Å²) in [6, 6.07) is 4.97. The molecule has 0 radical (unpaired) electrons. The fourth-order valence-electron chi connectivity index (χ4n) is 2.66. The number of ether oxygens (including phenoxy) is 1. The summed E-state index contributed by atoms with van der Waals surface area (Å²) in [5, 5.41) is 0. The minimum atomic E-state index is -0.232. The maximum absolute atomic E-state index is 14.0. The van der Waals surface area contributed by atoms with Crippen molar-refractivity contribution < 1.29 is 9.13 Å². The number of para-hydroxylation sites is 1. The van der Waals surface area contributed by atoms with Crippen molar-refractivity contribution in [3.8, 4) is 0 Å². The number of halogens is 2. The van der Waals surface area contributed by atoms with Crippen LogP contribution in [0.3, 0.4) is 0 Å². The normalized spacial score (nSPS) is 19.4. The highest BCUT2D eigenvalue weighted by Crippen LogP contribution is 2.23. The van der Waals surface area contributed by atoms with Crippen molar-refractivity contribution in [3.05, 3.63) is 29.8 Å². The second-order valence-corrected chi connectivity index (χ2v) is 5.21. The zero-order chi connectivity index (χ0) is 13.2. The molecule has 1 atom stereocenters. The number of hydrogen-bond donors (Lipinski definition) is 0. The number of aromatic nitrogens is 2. The van der Waals surface area contributed by atoms with Gasteiger partial charge in [0, 0.05) is 19.8 Å². The van der Waals surface area contributed by atoms with E-state index in [-0.39, 0.29) is 5.82 Å². The van der Waals surface area contributed by atoms with E-state index >= 15 is 0 Å². The smallest absolute Gasteiger partial charge is 0.149 e. The zero-order valence-corrected chi connectivity index (χ0v) is 11.4. The molecule has 1 aliphatic heterocycles. The van der Waals surface area contributed by atoms with Crippen LogP contribution in [0.15, 0.2) is 18.2 Å². The fourth-order valence-corrected chi connectivity index (χ4v) is 2.86. The Kier molecular flexibility index (Phi) is 3.71. The number of alkyl halides is 1. The van der Waals surface area contributed by atoms with Gasteiger partial charge >= 0.3 is 0 Å². The average molecular weight is 283 g/mol. The topological polar surface area (TPSA) is 27.1 Å². The lowest BCUT2D eigenvalue weighted by atomic mass is 10.1. The molecule has 1 aliphatic rings. The molecule has 1 saturated heterocycles. The van der Waals surface area contributed by atoms with Gasteiger partial charge in [-0.05, 0) is 30.9 Å². The zero-order valence-electron chi connectivity index (χ0n) is 10.6. The van der Waals surface area contributed by atoms with Crippen molar-refractivity contribution in [2.45, 2.75) is 25.3 Å². The van der Waals surface area contributed by atoms with Gasteiger partial charge in [0.25, 0.3) is 0 Å². The summed E-state index contributed by atoms with van der Waals surface area (Å²) in [6.45, 7) is 2.39. The van der Waals surface area contributed by atoms with Crippen LogP contribution < -0.4 is 0 Å². The third kappa shape index (κ3) is 2.47. The lowest BCUT2D eigenvalue weighted by Gasteiger charge is -2.11. The summed E-state index contributed by atoms with van der Waals surface area (Å²) in [6.07, 6.45) is 2.06. The van der Waals surface area contributed by atoms with Crippen LogP contribution in [-0.4, -0.2) is 22.8 Å². The number of nitrogens with zero attached hydrogens (tertiary/aromatic N) is 2. The molecule has 1 fully saturated rings. The first-order valence-corrected chi connectivity index (χ1v) is 7.10. The Morgan fingerprint density at radius 3 is 3.11 bits per heavy atom. The van der Waals surface area contributed by atoms with E-state index < -0.39 is 0 Å². The quantitative estimate of drug-likeness (QED) is 0.804. The second-order valence-electron chi connectivity index (χ2n) is 4.94. The van der Waals surface area contributed by atoms with E-state index in [4.69, 9.17) is 16.3 Å². The van der Waals surface area contributed by atoms with Gasteiger partial charge in [-0.25, -0.2) is 9.37 Å². The molecule has 5 heteroatoms. The molecule has 102 valence electrons. The maximum atomic E-state index is 14.0. The Morgan fingerprint density at radius 1 is 1.47 bits per heavy atom. The first kappa shape index (κ1) is 12.9. The molecule has 19 heavy (non-hydrogen) atoms. The van der Waals surface area contributed by atoms with Crippen LogP contribution in [-0.2, 0) is 17.2 Å². The van der Waals surface area contributed by atoms with Gasteiger partial charge in [-0.1, -0.05) is 6.07 Å². The van der Waals surface area contributed by atoms with Crippen molar-refractivity contribution >= 4 is 22.6 Å². The van der Waals surface area contributed by atoms with E-state index in [2.05, 4.69) is 4.98 Å². The van der Waals surface area contributed by atoms with Gasteiger partial charge in [0.15, 0.2) is 0 Å². The average Bonchev–Trinajstić information content (AvgIpc) is 3.03. The molecule has 0 N–H and O–H groups in total. The molecule has 0 aliphatic carbocycles. The summed E-state index contributed by atoms with van der Waals surface area (Å²) >= 11 is 5.92. The largest absolute Gasteiger partial charge is 0.381 e. The number of benzene rings is 1. The predicted molar refractivity (Wildman–Crippen MR) is 72.8 cm³/mol. The molecular formula is C14H16ClFN2O. The Labute approximate surface area is 116 Å². The fraction of sp³-hybridized carbons (Fsp3) is 0.500. The molecule has 0 spiro atoms. The molecule has 1 aromatic carbocycles. The Bertz CT molecular complexity index is 578. The molecule has 3 rings (SSSR count). The van der Waals surface area contributed by atoms with Crippen LogP contribution in [0.4, 0.5) is 4.39 Å². The van der Waals surface area contributed by atoms with Crippen LogP contribution in [0.25, 0.3) is 11.0 Å². The van der Waals surface area contributed by atoms with Gasteiger partial charge in [-0.3, -0.25) is 0 Å². The first-order valence-electron chi connectivity index (χ1n) is 6.57. The number of rotatable bonds is 4. The standard InChI is InChI=1S/C14H16ClFN2O/c15-8-13-17-12-3-1-2-11(16)14(12)18(13)6-4-10-5-7-19-9-10/h1-3,10H,4-9H2. The van der Waals surface area contributed by atoms with E-state index in [0.717, 1.165) is 38.4 Å². The van der Waals surface area contributed by atoms with E-state index in [1.54, 1.807) is 6.07 Å². The van der Waals surface area contributed by atoms with Gasteiger partial charge in [-0.2, -0.15) is 0 Å². The number of fused-ring (bicyclic) bond motifs is 1. The summed E-state index contributed by atoms with van der Waals surface area (Å²) in [5.41, 5.74) is 1.25. The van der Waals surface area contributed by atoms with Crippen molar-refractivity contribution in [1.29, 1.82) is 0 Å². The lowest BCUT2D eigenvalue weighted by molar-refractivity contribution is 0.183. The molecule has 0 bridgehead atoms. The van der Waals surface area contributed by atoms with Crippen LogP contribution >= 0.6 is 11.6 Å². The van der Waals surface area contributed by atoms with Crippen molar-refractivity contribution in [2.75, 3.05) is 13.2 Å². The minimum absolute atomic E-state index is 0.232. The first-order chi connectivity index (χ1) is 9.29. The third-order valence-electron chi connectivity index (χ3n) is 3.70. The van der Waals surface area contributed by atoms with E-state index in [9.17, 15) is 4.39 Å². The van der Waals surface area contributed by atoms with Crippen LogP contribution in [0, 0.1) is 11.7 Å². The van der Waals surface area contributed by atoms with Crippen molar-refractivity contribution in [3.63, 3.8) is 0 Å². The highest BCUT2D eigenvalue weighted by molar-refractivity contribution is 6.16. The summed E-state index contributed by atoms with van der Waals surface area (Å²) < 4.78 is 21.3. The predicted octanol–water partition coefficient (Wildman–Crippen LogP) is 3.34. The Balaban J connectivity index is 1.91. The van der Waals surface area contributed by atoms with Gasteiger partial charge in [0.2, 0.25) is 0 Å². The molecule has 3 nitrogen and oxygen atoms in total. The van der Waals surface area contributed by atoms with Crippen molar-refractivity contribution in [2.24, 2.45) is 5.92 Å². The molecule has 1 unspecified atom stereocenters. The number of imidazole rings is 1. The monoisotopic (exact) mass is 282 g/mol. The van der Waals surface area contributed by atoms with Gasteiger partial charge in [0.05, 0.1) is 11.4 Å². The van der Waals surface area contributed by atoms with E-state index in [1.165, 1.54) is 6.07 Å². The van der Waals surface area contributed by atoms with Crippen LogP contribution in [0.2, 0.25) is 0 Å². The number of hydrogen-bond acceptors (Lipinski definition) is 2. The van der Waals surface area contributed by atoms with Gasteiger partial charge < -0.3 is 9.30 Å². The Morgan fingerprint density at radius 2 is 2.37 bits per heavy atom.